The Balaban J connectivity index is 2.45. The number of hydrogen-bond donors (Lipinski definition) is 1. The summed E-state index contributed by atoms with van der Waals surface area (Å²) < 4.78 is 7.74. The summed E-state index contributed by atoms with van der Waals surface area (Å²) in [5.74, 6) is 0.848. The first kappa shape index (κ1) is 10.6. The van der Waals surface area contributed by atoms with Crippen LogP contribution in [0.15, 0.2) is 42.7 Å². The predicted octanol–water partition coefficient (Wildman–Crippen LogP) is 2.85. The summed E-state index contributed by atoms with van der Waals surface area (Å²) in [5, 5.41) is 0. The number of ether oxygens (including phenoxy) is 1. The molecule has 1 aromatic carbocycles. The summed E-state index contributed by atoms with van der Waals surface area (Å²) in [5.41, 5.74) is 7.50. The topological polar surface area (TPSA) is 40.2 Å². The molecule has 0 atom stereocenters. The van der Waals surface area contributed by atoms with Crippen LogP contribution in [0, 0.1) is 0 Å². The Morgan fingerprint density at radius 3 is 2.50 bits per heavy atom. The first-order valence-electron chi connectivity index (χ1n) is 5.36. The van der Waals surface area contributed by atoms with Gasteiger partial charge in [0.2, 0.25) is 0 Å². The van der Waals surface area contributed by atoms with Crippen molar-refractivity contribution in [3.8, 4) is 11.4 Å². The molecule has 0 fully saturated rings. The van der Waals surface area contributed by atoms with Gasteiger partial charge in [0, 0.05) is 18.1 Å². The fraction of sp³-hybridized carbons (Fsp3) is 0.231. The smallest absolute Gasteiger partial charge is 0.143 e. The molecule has 1 heterocycles. The highest BCUT2D eigenvalue weighted by atomic mass is 16.5. The number of benzene rings is 1. The molecule has 0 unspecified atom stereocenters. The van der Waals surface area contributed by atoms with E-state index in [0.717, 1.165) is 17.1 Å². The standard InChI is InChI=1S/C13H16N2O/c1-10(2)16-13-6-5-11(14)9-12(13)15-7-3-4-8-15/h3-10H,14H2,1-2H3. The van der Waals surface area contributed by atoms with Gasteiger partial charge in [-0.2, -0.15) is 0 Å². The van der Waals surface area contributed by atoms with Gasteiger partial charge in [-0.05, 0) is 44.2 Å². The molecule has 84 valence electrons. The number of hydrogen-bond acceptors (Lipinski definition) is 2. The molecule has 0 aliphatic rings. The molecule has 0 amide bonds. The number of nitrogens with two attached hydrogens (primary N) is 1. The average molecular weight is 216 g/mol. The third kappa shape index (κ3) is 2.19. The molecule has 0 bridgehead atoms. The van der Waals surface area contributed by atoms with Crippen LogP contribution in [0.2, 0.25) is 0 Å². The van der Waals surface area contributed by atoms with E-state index < -0.39 is 0 Å². The van der Waals surface area contributed by atoms with E-state index in [2.05, 4.69) is 0 Å². The molecule has 2 N–H and O–H groups in total. The van der Waals surface area contributed by atoms with Crippen molar-refractivity contribution in [3.63, 3.8) is 0 Å². The molecule has 0 aliphatic carbocycles. The molecule has 0 radical (unpaired) electrons. The van der Waals surface area contributed by atoms with Gasteiger partial charge in [0.15, 0.2) is 0 Å². The molecule has 0 spiro atoms. The highest BCUT2D eigenvalue weighted by Gasteiger charge is 2.07. The minimum absolute atomic E-state index is 0.151. The molecule has 0 saturated heterocycles. The van der Waals surface area contributed by atoms with Gasteiger partial charge in [-0.15, -0.1) is 0 Å². The lowest BCUT2D eigenvalue weighted by atomic mass is 10.2. The maximum atomic E-state index is 5.80. The van der Waals surface area contributed by atoms with E-state index in [9.17, 15) is 0 Å². The van der Waals surface area contributed by atoms with E-state index in [1.165, 1.54) is 0 Å². The van der Waals surface area contributed by atoms with Gasteiger partial charge < -0.3 is 15.0 Å². The second-order valence-corrected chi connectivity index (χ2v) is 3.98. The van der Waals surface area contributed by atoms with Crippen LogP contribution >= 0.6 is 0 Å². The molecule has 0 saturated carbocycles. The van der Waals surface area contributed by atoms with Crippen LogP contribution < -0.4 is 10.5 Å². The Bertz CT molecular complexity index is 461. The zero-order chi connectivity index (χ0) is 11.5. The van der Waals surface area contributed by atoms with Gasteiger partial charge in [-0.25, -0.2) is 0 Å². The zero-order valence-corrected chi connectivity index (χ0v) is 9.55. The van der Waals surface area contributed by atoms with Gasteiger partial charge in [-0.3, -0.25) is 0 Å². The van der Waals surface area contributed by atoms with E-state index in [4.69, 9.17) is 10.5 Å². The molecule has 3 nitrogen and oxygen atoms in total. The molecule has 2 aromatic rings. The van der Waals surface area contributed by atoms with Crippen molar-refractivity contribution >= 4 is 5.69 Å². The van der Waals surface area contributed by atoms with Crippen LogP contribution in [0.25, 0.3) is 5.69 Å². The quantitative estimate of drug-likeness (QED) is 0.801. The zero-order valence-electron chi connectivity index (χ0n) is 9.55. The number of anilines is 1. The van der Waals surface area contributed by atoms with Gasteiger partial charge in [0.25, 0.3) is 0 Å². The molecule has 1 aromatic heterocycles. The molecule has 16 heavy (non-hydrogen) atoms. The number of nitrogens with zero attached hydrogens (tertiary/aromatic N) is 1. The van der Waals surface area contributed by atoms with Crippen LogP contribution in [0.1, 0.15) is 13.8 Å². The largest absolute Gasteiger partial charge is 0.489 e. The van der Waals surface area contributed by atoms with E-state index in [0.29, 0.717) is 0 Å². The molecular formula is C13H16N2O. The van der Waals surface area contributed by atoms with E-state index in [1.54, 1.807) is 0 Å². The summed E-state index contributed by atoms with van der Waals surface area (Å²) in [4.78, 5) is 0. The number of aromatic nitrogens is 1. The van der Waals surface area contributed by atoms with Crippen molar-refractivity contribution in [2.24, 2.45) is 0 Å². The van der Waals surface area contributed by atoms with Crippen LogP contribution in [-0.2, 0) is 0 Å². The predicted molar refractivity (Wildman–Crippen MR) is 65.9 cm³/mol. The lowest BCUT2D eigenvalue weighted by molar-refractivity contribution is 0.242. The fourth-order valence-corrected chi connectivity index (χ4v) is 1.58. The van der Waals surface area contributed by atoms with Crippen LogP contribution in [-0.4, -0.2) is 10.7 Å². The van der Waals surface area contributed by atoms with E-state index in [-0.39, 0.29) is 6.10 Å². The maximum Gasteiger partial charge on any atom is 0.143 e. The van der Waals surface area contributed by atoms with Crippen molar-refractivity contribution in [3.05, 3.63) is 42.7 Å². The Morgan fingerprint density at radius 2 is 1.88 bits per heavy atom. The number of nitrogen functional groups attached to an aromatic ring is 1. The molecule has 2 rings (SSSR count). The lowest BCUT2D eigenvalue weighted by Crippen LogP contribution is -2.08. The van der Waals surface area contributed by atoms with Crippen molar-refractivity contribution in [1.82, 2.24) is 4.57 Å². The monoisotopic (exact) mass is 216 g/mol. The molecule has 3 heteroatoms. The molecule has 0 aliphatic heterocycles. The number of rotatable bonds is 3. The van der Waals surface area contributed by atoms with Crippen LogP contribution in [0.5, 0.6) is 5.75 Å². The van der Waals surface area contributed by atoms with Crippen molar-refractivity contribution < 1.29 is 4.74 Å². The Hall–Kier alpha value is -1.90. The van der Waals surface area contributed by atoms with Crippen LogP contribution in [0.4, 0.5) is 5.69 Å². The third-order valence-corrected chi connectivity index (χ3v) is 2.23. The Labute approximate surface area is 95.5 Å². The minimum atomic E-state index is 0.151. The molecular weight excluding hydrogens is 200 g/mol. The van der Waals surface area contributed by atoms with Gasteiger partial charge in [-0.1, -0.05) is 0 Å². The normalized spacial score (nSPS) is 10.7. The maximum absolute atomic E-state index is 5.80. The summed E-state index contributed by atoms with van der Waals surface area (Å²) in [6.07, 6.45) is 4.10. The minimum Gasteiger partial charge on any atom is -0.489 e. The Kier molecular flexibility index (Phi) is 2.86. The third-order valence-electron chi connectivity index (χ3n) is 2.23. The average Bonchev–Trinajstić information content (AvgIpc) is 2.73. The summed E-state index contributed by atoms with van der Waals surface area (Å²) in [6.45, 7) is 4.02. The van der Waals surface area contributed by atoms with Crippen LogP contribution in [0.3, 0.4) is 0 Å². The SMILES string of the molecule is CC(C)Oc1ccc(N)cc1-n1cccc1. The Morgan fingerprint density at radius 1 is 1.19 bits per heavy atom. The summed E-state index contributed by atoms with van der Waals surface area (Å²) in [7, 11) is 0. The van der Waals surface area contributed by atoms with Gasteiger partial charge in [0.05, 0.1) is 11.8 Å². The fourth-order valence-electron chi connectivity index (χ4n) is 1.58. The van der Waals surface area contributed by atoms with Crippen molar-refractivity contribution in [2.45, 2.75) is 20.0 Å². The lowest BCUT2D eigenvalue weighted by Gasteiger charge is -2.15. The van der Waals surface area contributed by atoms with Crippen molar-refractivity contribution in [1.29, 1.82) is 0 Å². The van der Waals surface area contributed by atoms with Gasteiger partial charge >= 0.3 is 0 Å². The van der Waals surface area contributed by atoms with E-state index >= 15 is 0 Å². The van der Waals surface area contributed by atoms with E-state index in [1.807, 2.05) is 61.1 Å². The second kappa shape index (κ2) is 4.31. The highest BCUT2D eigenvalue weighted by Crippen LogP contribution is 2.26. The summed E-state index contributed by atoms with van der Waals surface area (Å²) >= 11 is 0. The highest BCUT2D eigenvalue weighted by molar-refractivity contribution is 5.56. The van der Waals surface area contributed by atoms with Crippen molar-refractivity contribution in [2.75, 3.05) is 5.73 Å². The first-order valence-corrected chi connectivity index (χ1v) is 5.36. The summed E-state index contributed by atoms with van der Waals surface area (Å²) in [6, 6.07) is 9.62. The second-order valence-electron chi connectivity index (χ2n) is 3.98. The first-order chi connectivity index (χ1) is 7.66. The van der Waals surface area contributed by atoms with Gasteiger partial charge in [0.1, 0.15) is 5.75 Å².